The minimum Gasteiger partial charge on any atom is -0.423 e. The highest BCUT2D eigenvalue weighted by Crippen LogP contribution is 2.35. The standard InChI is InChI=1S/C21H16ClFN4O3/c1-25-18-17(19(28)27(21(25)29)10-12-3-2-4-14(22)9-12)26-11-16(30-20(26)24-18)13-5-7-15(23)8-6-13/h2-9,11,17-18H,10H2,1H3. The summed E-state index contributed by atoms with van der Waals surface area (Å²) >= 11 is 6.04. The van der Waals surface area contributed by atoms with E-state index in [1.807, 2.05) is 0 Å². The number of carbonyl (C=O) groups excluding carboxylic acids is 2. The maximum atomic E-state index is 13.3. The molecule has 0 saturated carbocycles. The van der Waals surface area contributed by atoms with E-state index in [1.54, 1.807) is 54.5 Å². The maximum absolute atomic E-state index is 13.3. The number of hydrogen-bond donors (Lipinski definition) is 0. The van der Waals surface area contributed by atoms with Gasteiger partial charge >= 0.3 is 6.03 Å². The van der Waals surface area contributed by atoms with E-state index in [4.69, 9.17) is 16.3 Å². The third-order valence-corrected chi connectivity index (χ3v) is 5.55. The predicted molar refractivity (Wildman–Crippen MR) is 107 cm³/mol. The van der Waals surface area contributed by atoms with Gasteiger partial charge in [0.25, 0.3) is 11.9 Å². The van der Waals surface area contributed by atoms with Crippen LogP contribution >= 0.6 is 11.6 Å². The third kappa shape index (κ3) is 2.91. The number of imide groups is 1. The van der Waals surface area contributed by atoms with Crippen LogP contribution in [0, 0.1) is 5.82 Å². The quantitative estimate of drug-likeness (QED) is 0.755. The van der Waals surface area contributed by atoms with E-state index in [-0.39, 0.29) is 24.3 Å². The summed E-state index contributed by atoms with van der Waals surface area (Å²) in [6.45, 7) is 0.102. The van der Waals surface area contributed by atoms with Crippen molar-refractivity contribution in [2.24, 2.45) is 4.99 Å². The highest BCUT2D eigenvalue weighted by atomic mass is 35.5. The topological polar surface area (TPSA) is 65.5 Å². The lowest BCUT2D eigenvalue weighted by atomic mass is 10.1. The van der Waals surface area contributed by atoms with Crippen molar-refractivity contribution in [1.82, 2.24) is 14.7 Å². The molecule has 0 radical (unpaired) electrons. The molecule has 7 nitrogen and oxygen atoms in total. The van der Waals surface area contributed by atoms with E-state index < -0.39 is 18.2 Å². The fourth-order valence-corrected chi connectivity index (χ4v) is 4.00. The molecule has 2 atom stereocenters. The van der Waals surface area contributed by atoms with E-state index in [0.29, 0.717) is 16.3 Å². The molecule has 1 fully saturated rings. The first kappa shape index (κ1) is 18.6. The van der Waals surface area contributed by atoms with Crippen LogP contribution in [0.15, 0.2) is 59.7 Å². The van der Waals surface area contributed by atoms with Crippen molar-refractivity contribution in [2.45, 2.75) is 18.8 Å². The van der Waals surface area contributed by atoms with Crippen LogP contribution in [0.3, 0.4) is 0 Å². The van der Waals surface area contributed by atoms with Gasteiger partial charge in [-0.25, -0.2) is 14.2 Å². The Kier molecular flexibility index (Phi) is 4.25. The van der Waals surface area contributed by atoms with E-state index in [2.05, 4.69) is 4.99 Å². The van der Waals surface area contributed by atoms with Crippen LogP contribution in [0.1, 0.15) is 11.1 Å². The Hall–Kier alpha value is -3.39. The van der Waals surface area contributed by atoms with Gasteiger partial charge in [0, 0.05) is 17.6 Å². The van der Waals surface area contributed by atoms with Crippen LogP contribution in [-0.4, -0.2) is 51.9 Å². The largest absolute Gasteiger partial charge is 0.423 e. The monoisotopic (exact) mass is 426 g/mol. The molecule has 0 aliphatic carbocycles. The van der Waals surface area contributed by atoms with Crippen molar-refractivity contribution in [3.8, 4) is 0 Å². The van der Waals surface area contributed by atoms with E-state index >= 15 is 0 Å². The zero-order valence-corrected chi connectivity index (χ0v) is 16.6. The van der Waals surface area contributed by atoms with Crippen molar-refractivity contribution in [2.75, 3.05) is 7.05 Å². The number of hydrogen-bond acceptors (Lipinski definition) is 5. The lowest BCUT2D eigenvalue weighted by Crippen LogP contribution is -2.63. The molecular weight excluding hydrogens is 411 g/mol. The number of carbonyl (C=O) groups is 2. The van der Waals surface area contributed by atoms with Gasteiger partial charge in [0.1, 0.15) is 5.82 Å². The second kappa shape index (κ2) is 6.84. The van der Waals surface area contributed by atoms with Gasteiger partial charge in [-0.1, -0.05) is 23.7 Å². The molecule has 0 aromatic heterocycles. The lowest BCUT2D eigenvalue weighted by molar-refractivity contribution is -0.137. The minimum absolute atomic E-state index is 0.102. The Morgan fingerprint density at radius 2 is 1.93 bits per heavy atom. The van der Waals surface area contributed by atoms with Gasteiger partial charge < -0.3 is 9.64 Å². The summed E-state index contributed by atoms with van der Waals surface area (Å²) in [5.41, 5.74) is 1.41. The first-order valence-corrected chi connectivity index (χ1v) is 9.64. The molecule has 30 heavy (non-hydrogen) atoms. The summed E-state index contributed by atoms with van der Waals surface area (Å²) in [7, 11) is 1.61. The van der Waals surface area contributed by atoms with Gasteiger partial charge in [0.2, 0.25) is 0 Å². The highest BCUT2D eigenvalue weighted by molar-refractivity contribution is 6.30. The molecule has 2 unspecified atom stereocenters. The Morgan fingerprint density at radius 1 is 1.17 bits per heavy atom. The number of urea groups is 1. The van der Waals surface area contributed by atoms with Crippen LogP contribution < -0.4 is 0 Å². The molecular formula is C21H16ClFN4O3. The molecule has 152 valence electrons. The summed E-state index contributed by atoms with van der Waals surface area (Å²) in [5, 5.41) is 0.530. The molecule has 0 N–H and O–H groups in total. The van der Waals surface area contributed by atoms with Crippen molar-refractivity contribution in [3.63, 3.8) is 0 Å². The molecule has 3 aliphatic heterocycles. The number of ether oxygens (including phenoxy) is 1. The zero-order valence-electron chi connectivity index (χ0n) is 15.8. The molecule has 3 heterocycles. The van der Waals surface area contributed by atoms with Crippen molar-refractivity contribution in [3.05, 3.63) is 76.7 Å². The third-order valence-electron chi connectivity index (χ3n) is 5.31. The first-order chi connectivity index (χ1) is 14.4. The van der Waals surface area contributed by atoms with Crippen molar-refractivity contribution in [1.29, 1.82) is 0 Å². The fourth-order valence-electron chi connectivity index (χ4n) is 3.79. The number of aliphatic imine (C=N–C) groups is 1. The van der Waals surface area contributed by atoms with Gasteiger partial charge in [0.15, 0.2) is 18.0 Å². The molecule has 1 saturated heterocycles. The van der Waals surface area contributed by atoms with Crippen LogP contribution in [0.5, 0.6) is 0 Å². The molecule has 3 amide bonds. The second-order valence-electron chi connectivity index (χ2n) is 7.23. The average Bonchev–Trinajstić information content (AvgIpc) is 3.28. The van der Waals surface area contributed by atoms with E-state index in [0.717, 1.165) is 5.56 Å². The normalized spacial score (nSPS) is 22.6. The number of amides is 3. The Morgan fingerprint density at radius 3 is 2.67 bits per heavy atom. The number of amidine groups is 1. The van der Waals surface area contributed by atoms with E-state index in [1.165, 1.54) is 21.9 Å². The Labute approximate surface area is 176 Å². The van der Waals surface area contributed by atoms with Crippen molar-refractivity contribution < 1.29 is 18.7 Å². The lowest BCUT2D eigenvalue weighted by Gasteiger charge is -2.39. The van der Waals surface area contributed by atoms with E-state index in [9.17, 15) is 14.0 Å². The number of fused-ring (bicyclic) bond motifs is 3. The van der Waals surface area contributed by atoms with Gasteiger partial charge in [-0.05, 0) is 42.0 Å². The smallest absolute Gasteiger partial charge is 0.328 e. The van der Waals surface area contributed by atoms with Gasteiger partial charge in [0.05, 0.1) is 12.7 Å². The summed E-state index contributed by atoms with van der Waals surface area (Å²) in [6.07, 6.45) is 0.983. The summed E-state index contributed by atoms with van der Waals surface area (Å²) in [6, 6.07) is 11.9. The van der Waals surface area contributed by atoms with Crippen LogP contribution in [0.25, 0.3) is 5.76 Å². The SMILES string of the molecule is CN1C(=O)N(Cc2cccc(Cl)c2)C(=O)C2C1N=C1OC(c3ccc(F)cc3)=CN12. The number of likely N-dealkylation sites (N-methyl/N-ethyl adjacent to an activating group) is 1. The Balaban J connectivity index is 1.44. The molecule has 9 heteroatoms. The molecule has 0 spiro atoms. The van der Waals surface area contributed by atoms with Gasteiger partial charge in [-0.2, -0.15) is 0 Å². The summed E-state index contributed by atoms with van der Waals surface area (Å²) in [4.78, 5) is 34.8. The molecule has 5 rings (SSSR count). The maximum Gasteiger partial charge on any atom is 0.328 e. The van der Waals surface area contributed by atoms with Crippen LogP contribution in [-0.2, 0) is 16.1 Å². The number of rotatable bonds is 3. The fraction of sp³-hybridized carbons (Fsp3) is 0.190. The first-order valence-electron chi connectivity index (χ1n) is 9.27. The number of nitrogens with zero attached hydrogens (tertiary/aromatic N) is 4. The van der Waals surface area contributed by atoms with Crippen LogP contribution in [0.2, 0.25) is 5.02 Å². The predicted octanol–water partition coefficient (Wildman–Crippen LogP) is 3.27. The molecule has 2 aromatic rings. The molecule has 0 bridgehead atoms. The second-order valence-corrected chi connectivity index (χ2v) is 7.66. The van der Waals surface area contributed by atoms with Gasteiger partial charge in [-0.3, -0.25) is 14.6 Å². The van der Waals surface area contributed by atoms with Crippen molar-refractivity contribution >= 4 is 35.3 Å². The molecule has 3 aliphatic rings. The van der Waals surface area contributed by atoms with Gasteiger partial charge in [-0.15, -0.1) is 0 Å². The average molecular weight is 427 g/mol. The summed E-state index contributed by atoms with van der Waals surface area (Å²) in [5.74, 6) is -0.266. The highest BCUT2D eigenvalue weighted by Gasteiger charge is 2.54. The Bertz CT molecular complexity index is 1120. The molecule has 2 aromatic carbocycles. The summed E-state index contributed by atoms with van der Waals surface area (Å²) < 4.78 is 19.0. The zero-order chi connectivity index (χ0) is 21.0. The minimum atomic E-state index is -0.736. The van der Waals surface area contributed by atoms with Crippen LogP contribution in [0.4, 0.5) is 9.18 Å². The number of halogens is 2. The number of benzene rings is 2.